The molecule has 2 heterocycles. The summed E-state index contributed by atoms with van der Waals surface area (Å²) < 4.78 is 8.12. The Kier molecular flexibility index (Phi) is 7.59. The van der Waals surface area contributed by atoms with Crippen molar-refractivity contribution in [2.24, 2.45) is 0 Å². The number of aryl methyl sites for hydroxylation is 1. The van der Waals surface area contributed by atoms with Gasteiger partial charge in [-0.1, -0.05) is 67.3 Å². The van der Waals surface area contributed by atoms with Crippen LogP contribution in [-0.2, 0) is 4.79 Å². The van der Waals surface area contributed by atoms with E-state index in [9.17, 15) is 4.79 Å². The molecule has 1 N–H and O–H groups in total. The zero-order chi connectivity index (χ0) is 24.1. The van der Waals surface area contributed by atoms with Crippen LogP contribution in [0.2, 0.25) is 0 Å². The zero-order valence-corrected chi connectivity index (χ0v) is 21.1. The highest BCUT2D eigenvalue weighted by Gasteiger charge is 2.22. The van der Waals surface area contributed by atoms with Crippen molar-refractivity contribution < 1.29 is 9.53 Å². The van der Waals surface area contributed by atoms with Crippen LogP contribution in [0.4, 0.5) is 5.13 Å². The van der Waals surface area contributed by atoms with Gasteiger partial charge in [-0.15, -0.1) is 20.4 Å². The summed E-state index contributed by atoms with van der Waals surface area (Å²) in [5.74, 6) is 1.86. The standard InChI is InChI=1S/C24H26N6O2S2/c1-15(2)18-10-12-20(13-11-18)32-16(3)22-27-29-24(30(22)19-8-6-5-7-9-19)33-14-21(31)25-23-28-26-17(4)34-23/h5-13,15-16H,14H2,1-4H3,(H,25,28,31). The fourth-order valence-corrected chi connectivity index (χ4v) is 4.65. The number of anilines is 1. The number of carbonyl (C=O) groups excluding carboxylic acids is 1. The number of hydrogen-bond donors (Lipinski definition) is 1. The number of thioether (sulfide) groups is 1. The molecule has 34 heavy (non-hydrogen) atoms. The molecule has 0 spiro atoms. The van der Waals surface area contributed by atoms with Crippen molar-refractivity contribution in [1.29, 1.82) is 0 Å². The number of rotatable bonds is 9. The minimum Gasteiger partial charge on any atom is -0.483 e. The second-order valence-electron chi connectivity index (χ2n) is 7.96. The van der Waals surface area contributed by atoms with Crippen LogP contribution in [0.15, 0.2) is 59.8 Å². The lowest BCUT2D eigenvalue weighted by Gasteiger charge is -2.17. The first kappa shape index (κ1) is 23.9. The smallest absolute Gasteiger partial charge is 0.236 e. The molecule has 10 heteroatoms. The summed E-state index contributed by atoms with van der Waals surface area (Å²) in [6.07, 6.45) is -0.356. The summed E-state index contributed by atoms with van der Waals surface area (Å²) >= 11 is 2.64. The molecule has 1 unspecified atom stereocenters. The third-order valence-electron chi connectivity index (χ3n) is 5.00. The van der Waals surface area contributed by atoms with Gasteiger partial charge in [-0.2, -0.15) is 0 Å². The average Bonchev–Trinajstić information content (AvgIpc) is 3.44. The van der Waals surface area contributed by atoms with Crippen molar-refractivity contribution in [3.05, 3.63) is 71.0 Å². The van der Waals surface area contributed by atoms with E-state index in [-0.39, 0.29) is 17.8 Å². The van der Waals surface area contributed by atoms with E-state index in [1.807, 2.05) is 60.9 Å². The van der Waals surface area contributed by atoms with Crippen molar-refractivity contribution in [3.63, 3.8) is 0 Å². The molecule has 176 valence electrons. The van der Waals surface area contributed by atoms with E-state index in [2.05, 4.69) is 51.7 Å². The Morgan fingerprint density at radius 1 is 1.03 bits per heavy atom. The number of nitrogens with zero attached hydrogens (tertiary/aromatic N) is 5. The largest absolute Gasteiger partial charge is 0.483 e. The summed E-state index contributed by atoms with van der Waals surface area (Å²) in [5.41, 5.74) is 2.16. The summed E-state index contributed by atoms with van der Waals surface area (Å²) in [7, 11) is 0. The summed E-state index contributed by atoms with van der Waals surface area (Å²) in [6.45, 7) is 8.11. The summed E-state index contributed by atoms with van der Waals surface area (Å²) in [5, 5.41) is 21.3. The lowest BCUT2D eigenvalue weighted by atomic mass is 10.0. The molecule has 0 saturated heterocycles. The molecule has 8 nitrogen and oxygen atoms in total. The molecule has 0 aliphatic carbocycles. The summed E-state index contributed by atoms with van der Waals surface area (Å²) in [6, 6.07) is 17.9. The third kappa shape index (κ3) is 5.81. The predicted octanol–water partition coefficient (Wildman–Crippen LogP) is 5.42. The molecule has 2 aromatic carbocycles. The van der Waals surface area contributed by atoms with Crippen molar-refractivity contribution in [1.82, 2.24) is 25.0 Å². The van der Waals surface area contributed by atoms with Gasteiger partial charge in [0.2, 0.25) is 11.0 Å². The second kappa shape index (κ2) is 10.8. The average molecular weight is 495 g/mol. The third-order valence-corrected chi connectivity index (χ3v) is 6.68. The van der Waals surface area contributed by atoms with Crippen molar-refractivity contribution in [3.8, 4) is 11.4 Å². The Morgan fingerprint density at radius 3 is 2.41 bits per heavy atom. The maximum absolute atomic E-state index is 12.4. The first-order chi connectivity index (χ1) is 16.4. The maximum Gasteiger partial charge on any atom is 0.236 e. The molecule has 0 aliphatic heterocycles. The van der Waals surface area contributed by atoms with E-state index in [4.69, 9.17) is 4.74 Å². The monoisotopic (exact) mass is 494 g/mol. The van der Waals surface area contributed by atoms with Crippen LogP contribution >= 0.6 is 23.1 Å². The molecule has 2 aromatic heterocycles. The van der Waals surface area contributed by atoms with Gasteiger partial charge in [0.25, 0.3) is 0 Å². The molecule has 0 fully saturated rings. The number of aromatic nitrogens is 5. The Balaban J connectivity index is 1.52. The van der Waals surface area contributed by atoms with Gasteiger partial charge in [-0.3, -0.25) is 14.7 Å². The van der Waals surface area contributed by atoms with Gasteiger partial charge in [0.15, 0.2) is 17.1 Å². The van der Waals surface area contributed by atoms with E-state index in [0.717, 1.165) is 16.4 Å². The van der Waals surface area contributed by atoms with E-state index in [1.54, 1.807) is 0 Å². The minimum atomic E-state index is -0.356. The highest BCUT2D eigenvalue weighted by Crippen LogP contribution is 2.29. The Labute approximate surface area is 206 Å². The Morgan fingerprint density at radius 2 is 1.76 bits per heavy atom. The fourth-order valence-electron chi connectivity index (χ4n) is 3.28. The van der Waals surface area contributed by atoms with Gasteiger partial charge in [0, 0.05) is 5.69 Å². The molecule has 0 aliphatic rings. The van der Waals surface area contributed by atoms with Crippen LogP contribution in [-0.4, -0.2) is 36.6 Å². The first-order valence-electron chi connectivity index (χ1n) is 10.9. The highest BCUT2D eigenvalue weighted by atomic mass is 32.2. The number of nitrogens with one attached hydrogen (secondary N) is 1. The van der Waals surface area contributed by atoms with Crippen LogP contribution < -0.4 is 10.1 Å². The molecular formula is C24H26N6O2S2. The van der Waals surface area contributed by atoms with Crippen molar-refractivity contribution >= 4 is 34.1 Å². The molecule has 1 amide bonds. The van der Waals surface area contributed by atoms with E-state index < -0.39 is 0 Å². The molecule has 0 radical (unpaired) electrons. The maximum atomic E-state index is 12.4. The lowest BCUT2D eigenvalue weighted by molar-refractivity contribution is -0.113. The Bertz CT molecular complexity index is 1240. The molecular weight excluding hydrogens is 468 g/mol. The Hall–Kier alpha value is -3.24. The minimum absolute atomic E-state index is 0.162. The van der Waals surface area contributed by atoms with E-state index >= 15 is 0 Å². The molecule has 4 aromatic rings. The van der Waals surface area contributed by atoms with Gasteiger partial charge >= 0.3 is 0 Å². The van der Waals surface area contributed by atoms with Gasteiger partial charge in [-0.25, -0.2) is 0 Å². The summed E-state index contributed by atoms with van der Waals surface area (Å²) in [4.78, 5) is 12.4. The van der Waals surface area contributed by atoms with Gasteiger partial charge in [0.05, 0.1) is 5.75 Å². The quantitative estimate of drug-likeness (QED) is 0.310. The number of ether oxygens (including phenoxy) is 1. The topological polar surface area (TPSA) is 94.8 Å². The fraction of sp³-hybridized carbons (Fsp3) is 0.292. The molecule has 0 bridgehead atoms. The SMILES string of the molecule is Cc1nnc(NC(=O)CSc2nnc(C(C)Oc3ccc(C(C)C)cc3)n2-c2ccccc2)s1. The number of amides is 1. The highest BCUT2D eigenvalue weighted by molar-refractivity contribution is 7.99. The van der Waals surface area contributed by atoms with Crippen LogP contribution in [0.3, 0.4) is 0 Å². The normalized spacial score (nSPS) is 12.0. The number of carbonyl (C=O) groups is 1. The first-order valence-corrected chi connectivity index (χ1v) is 12.7. The van der Waals surface area contributed by atoms with Gasteiger partial charge in [-0.05, 0) is 49.6 Å². The number of para-hydroxylation sites is 1. The second-order valence-corrected chi connectivity index (χ2v) is 10.1. The van der Waals surface area contributed by atoms with Gasteiger partial charge in [0.1, 0.15) is 10.8 Å². The molecule has 0 saturated carbocycles. The lowest BCUT2D eigenvalue weighted by Crippen LogP contribution is -2.15. The van der Waals surface area contributed by atoms with E-state index in [1.165, 1.54) is 28.7 Å². The van der Waals surface area contributed by atoms with Crippen LogP contribution in [0.1, 0.15) is 49.2 Å². The van der Waals surface area contributed by atoms with Crippen molar-refractivity contribution in [2.45, 2.75) is 44.9 Å². The number of benzene rings is 2. The van der Waals surface area contributed by atoms with E-state index in [0.29, 0.717) is 22.0 Å². The van der Waals surface area contributed by atoms with Crippen LogP contribution in [0.5, 0.6) is 5.75 Å². The van der Waals surface area contributed by atoms with Gasteiger partial charge < -0.3 is 4.74 Å². The molecule has 4 rings (SSSR count). The molecule has 1 atom stereocenters. The van der Waals surface area contributed by atoms with Crippen LogP contribution in [0, 0.1) is 6.92 Å². The number of hydrogen-bond acceptors (Lipinski definition) is 8. The zero-order valence-electron chi connectivity index (χ0n) is 19.4. The predicted molar refractivity (Wildman–Crippen MR) is 135 cm³/mol. The van der Waals surface area contributed by atoms with Crippen molar-refractivity contribution in [2.75, 3.05) is 11.1 Å². The van der Waals surface area contributed by atoms with Crippen LogP contribution in [0.25, 0.3) is 5.69 Å².